The van der Waals surface area contributed by atoms with Crippen LogP contribution in [-0.2, 0) is 0 Å². The summed E-state index contributed by atoms with van der Waals surface area (Å²) in [7, 11) is 0. The predicted octanol–water partition coefficient (Wildman–Crippen LogP) is 0.426. The second-order valence-corrected chi connectivity index (χ2v) is 4.36. The fourth-order valence-corrected chi connectivity index (χ4v) is 2.07. The van der Waals surface area contributed by atoms with Crippen molar-refractivity contribution in [3.05, 3.63) is 0 Å². The molecular weight excluding hydrogens is 164 g/mol. The molecule has 0 aliphatic carbocycles. The first-order chi connectivity index (χ1) is 6.13. The summed E-state index contributed by atoms with van der Waals surface area (Å²) in [5.74, 6) is 0.835. The molecule has 1 saturated heterocycles. The lowest BCUT2D eigenvalue weighted by atomic mass is 9.93. The first-order valence-corrected chi connectivity index (χ1v) is 5.25. The maximum absolute atomic E-state index is 9.43. The number of nitrogens with two attached hydrogens (primary N) is 1. The van der Waals surface area contributed by atoms with Gasteiger partial charge in [0.2, 0.25) is 0 Å². The van der Waals surface area contributed by atoms with Crippen molar-refractivity contribution in [3.8, 4) is 0 Å². The van der Waals surface area contributed by atoms with E-state index in [1.807, 2.05) is 0 Å². The molecule has 3 atom stereocenters. The zero-order valence-electron chi connectivity index (χ0n) is 8.74. The van der Waals surface area contributed by atoms with Crippen LogP contribution in [0, 0.1) is 5.92 Å². The van der Waals surface area contributed by atoms with Crippen LogP contribution in [0.15, 0.2) is 0 Å². The molecule has 1 heterocycles. The van der Waals surface area contributed by atoms with Crippen molar-refractivity contribution in [1.29, 1.82) is 0 Å². The van der Waals surface area contributed by atoms with Gasteiger partial charge in [-0.3, -0.25) is 4.90 Å². The second kappa shape index (κ2) is 4.94. The first-order valence-electron chi connectivity index (χ1n) is 5.25. The molecule has 0 aromatic carbocycles. The van der Waals surface area contributed by atoms with Crippen molar-refractivity contribution in [2.45, 2.75) is 38.8 Å². The van der Waals surface area contributed by atoms with Crippen LogP contribution in [0.4, 0.5) is 0 Å². The van der Waals surface area contributed by atoms with Crippen molar-refractivity contribution in [1.82, 2.24) is 4.90 Å². The number of aliphatic hydroxyl groups is 1. The molecule has 3 heteroatoms. The van der Waals surface area contributed by atoms with E-state index >= 15 is 0 Å². The molecule has 3 nitrogen and oxygen atoms in total. The van der Waals surface area contributed by atoms with E-state index in [0.29, 0.717) is 12.6 Å². The summed E-state index contributed by atoms with van der Waals surface area (Å²) in [6.45, 7) is 6.76. The van der Waals surface area contributed by atoms with E-state index in [0.717, 1.165) is 19.0 Å². The highest BCUT2D eigenvalue weighted by molar-refractivity contribution is 4.78. The summed E-state index contributed by atoms with van der Waals surface area (Å²) < 4.78 is 0. The standard InChI is InChI=1S/C10H22N2O/c1-8-3-4-12(9(2)5-8)7-10(13)6-11/h8-10,13H,3-7,11H2,1-2H3/t8?,9?,10-/m0/s1. The lowest BCUT2D eigenvalue weighted by Gasteiger charge is -2.37. The van der Waals surface area contributed by atoms with Gasteiger partial charge in [-0.25, -0.2) is 0 Å². The monoisotopic (exact) mass is 186 g/mol. The van der Waals surface area contributed by atoms with Crippen LogP contribution >= 0.6 is 0 Å². The van der Waals surface area contributed by atoms with E-state index in [1.165, 1.54) is 12.8 Å². The highest BCUT2D eigenvalue weighted by Crippen LogP contribution is 2.21. The Morgan fingerprint density at radius 2 is 2.23 bits per heavy atom. The highest BCUT2D eigenvalue weighted by Gasteiger charge is 2.23. The minimum absolute atomic E-state index is 0.351. The lowest BCUT2D eigenvalue weighted by molar-refractivity contribution is 0.0643. The van der Waals surface area contributed by atoms with Crippen LogP contribution in [0.2, 0.25) is 0 Å². The average molecular weight is 186 g/mol. The van der Waals surface area contributed by atoms with Crippen molar-refractivity contribution < 1.29 is 5.11 Å². The molecule has 0 spiro atoms. The van der Waals surface area contributed by atoms with E-state index in [1.54, 1.807) is 0 Å². The van der Waals surface area contributed by atoms with Crippen molar-refractivity contribution in [2.24, 2.45) is 11.7 Å². The number of piperidine rings is 1. The average Bonchev–Trinajstić information content (AvgIpc) is 2.09. The molecule has 1 aliphatic heterocycles. The third-order valence-electron chi connectivity index (χ3n) is 2.99. The topological polar surface area (TPSA) is 49.5 Å². The molecule has 1 rings (SSSR count). The fourth-order valence-electron chi connectivity index (χ4n) is 2.07. The fraction of sp³-hybridized carbons (Fsp3) is 1.00. The Balaban J connectivity index is 2.33. The van der Waals surface area contributed by atoms with E-state index < -0.39 is 0 Å². The smallest absolute Gasteiger partial charge is 0.0789 e. The molecule has 0 aromatic rings. The largest absolute Gasteiger partial charge is 0.390 e. The van der Waals surface area contributed by atoms with Crippen molar-refractivity contribution >= 4 is 0 Å². The maximum Gasteiger partial charge on any atom is 0.0789 e. The molecule has 78 valence electrons. The van der Waals surface area contributed by atoms with Gasteiger partial charge in [-0.15, -0.1) is 0 Å². The summed E-state index contributed by atoms with van der Waals surface area (Å²) >= 11 is 0. The van der Waals surface area contributed by atoms with Gasteiger partial charge < -0.3 is 10.8 Å². The Kier molecular flexibility index (Phi) is 4.16. The lowest BCUT2D eigenvalue weighted by Crippen LogP contribution is -2.45. The number of rotatable bonds is 3. The molecule has 0 saturated carbocycles. The molecule has 0 aromatic heterocycles. The van der Waals surface area contributed by atoms with Crippen LogP contribution < -0.4 is 5.73 Å². The zero-order valence-corrected chi connectivity index (χ0v) is 8.74. The molecule has 0 radical (unpaired) electrons. The van der Waals surface area contributed by atoms with Gasteiger partial charge in [-0.2, -0.15) is 0 Å². The van der Waals surface area contributed by atoms with Gasteiger partial charge in [-0.1, -0.05) is 6.92 Å². The van der Waals surface area contributed by atoms with E-state index in [-0.39, 0.29) is 6.10 Å². The normalized spacial score (nSPS) is 33.2. The Bertz CT molecular complexity index is 152. The predicted molar refractivity (Wildman–Crippen MR) is 54.5 cm³/mol. The van der Waals surface area contributed by atoms with Crippen molar-refractivity contribution in [2.75, 3.05) is 19.6 Å². The number of hydrogen-bond donors (Lipinski definition) is 2. The first kappa shape index (κ1) is 11.0. The molecule has 1 fully saturated rings. The summed E-state index contributed by atoms with van der Waals surface area (Å²) in [6.07, 6.45) is 2.15. The zero-order chi connectivity index (χ0) is 9.84. The molecule has 13 heavy (non-hydrogen) atoms. The van der Waals surface area contributed by atoms with Crippen LogP contribution in [0.1, 0.15) is 26.7 Å². The molecule has 3 N–H and O–H groups in total. The summed E-state index contributed by atoms with van der Waals surface area (Å²) in [6, 6.07) is 0.602. The number of β-amino-alcohol motifs (C(OH)–C–C–N with tert-alkyl or cyclic N) is 1. The van der Waals surface area contributed by atoms with Crippen LogP contribution in [-0.4, -0.2) is 41.8 Å². The van der Waals surface area contributed by atoms with Gasteiger partial charge in [0.1, 0.15) is 0 Å². The van der Waals surface area contributed by atoms with Crippen molar-refractivity contribution in [3.63, 3.8) is 0 Å². The Hall–Kier alpha value is -0.120. The summed E-state index contributed by atoms with van der Waals surface area (Å²) in [5.41, 5.74) is 5.39. The molecule has 2 unspecified atom stereocenters. The quantitative estimate of drug-likeness (QED) is 0.672. The highest BCUT2D eigenvalue weighted by atomic mass is 16.3. The second-order valence-electron chi connectivity index (χ2n) is 4.36. The number of nitrogens with zero attached hydrogens (tertiary/aromatic N) is 1. The van der Waals surface area contributed by atoms with E-state index in [9.17, 15) is 5.11 Å². The van der Waals surface area contributed by atoms with Crippen LogP contribution in [0.25, 0.3) is 0 Å². The minimum Gasteiger partial charge on any atom is -0.390 e. The van der Waals surface area contributed by atoms with E-state index in [2.05, 4.69) is 18.7 Å². The Morgan fingerprint density at radius 1 is 1.54 bits per heavy atom. The Morgan fingerprint density at radius 3 is 2.77 bits per heavy atom. The van der Waals surface area contributed by atoms with Gasteiger partial charge in [0.15, 0.2) is 0 Å². The SMILES string of the molecule is CC1CCN(C[C@@H](O)CN)C(C)C1. The third-order valence-corrected chi connectivity index (χ3v) is 2.99. The van der Waals surface area contributed by atoms with Gasteiger partial charge in [0.25, 0.3) is 0 Å². The maximum atomic E-state index is 9.43. The van der Waals surface area contributed by atoms with Crippen LogP contribution in [0.5, 0.6) is 0 Å². The van der Waals surface area contributed by atoms with Crippen LogP contribution in [0.3, 0.4) is 0 Å². The van der Waals surface area contributed by atoms with Gasteiger partial charge in [-0.05, 0) is 32.2 Å². The molecule has 0 bridgehead atoms. The van der Waals surface area contributed by atoms with Gasteiger partial charge in [0.05, 0.1) is 6.10 Å². The third kappa shape index (κ3) is 3.25. The Labute approximate surface area is 80.9 Å². The number of hydrogen-bond acceptors (Lipinski definition) is 3. The summed E-state index contributed by atoms with van der Waals surface area (Å²) in [4.78, 5) is 2.34. The number of aliphatic hydroxyl groups excluding tert-OH is 1. The molecular formula is C10H22N2O. The van der Waals surface area contributed by atoms with E-state index in [4.69, 9.17) is 5.73 Å². The molecule has 1 aliphatic rings. The molecule has 0 amide bonds. The van der Waals surface area contributed by atoms with Gasteiger partial charge >= 0.3 is 0 Å². The minimum atomic E-state index is -0.351. The van der Waals surface area contributed by atoms with Gasteiger partial charge in [0, 0.05) is 19.1 Å². The summed E-state index contributed by atoms with van der Waals surface area (Å²) in [5, 5.41) is 9.43. The number of likely N-dealkylation sites (tertiary alicyclic amines) is 1.